The summed E-state index contributed by atoms with van der Waals surface area (Å²) in [5.74, 6) is -0.998. The third kappa shape index (κ3) is 3.15. The smallest absolute Gasteiger partial charge is 0.320 e. The van der Waals surface area contributed by atoms with E-state index in [0.717, 1.165) is 26.1 Å². The van der Waals surface area contributed by atoms with Crippen molar-refractivity contribution in [1.82, 2.24) is 14.7 Å². The van der Waals surface area contributed by atoms with Crippen LogP contribution in [0.4, 0.5) is 4.79 Å². The highest BCUT2D eigenvalue weighted by Crippen LogP contribution is 2.23. The summed E-state index contributed by atoms with van der Waals surface area (Å²) in [7, 11) is 0. The minimum atomic E-state index is -0.724. The van der Waals surface area contributed by atoms with E-state index in [1.54, 1.807) is 0 Å². The summed E-state index contributed by atoms with van der Waals surface area (Å²) in [6, 6.07) is 0.653. The van der Waals surface area contributed by atoms with Gasteiger partial charge in [0.2, 0.25) is 0 Å². The van der Waals surface area contributed by atoms with Crippen molar-refractivity contribution >= 4 is 12.0 Å². The van der Waals surface area contributed by atoms with Gasteiger partial charge < -0.3 is 14.9 Å². The van der Waals surface area contributed by atoms with Gasteiger partial charge in [0.05, 0.1) is 5.92 Å². The molecule has 0 radical (unpaired) electrons. The Kier molecular flexibility index (Phi) is 4.33. The van der Waals surface area contributed by atoms with Crippen LogP contribution in [0.1, 0.15) is 32.1 Å². The Morgan fingerprint density at radius 2 is 1.57 bits per heavy atom. The lowest BCUT2D eigenvalue weighted by Gasteiger charge is -2.35. The van der Waals surface area contributed by atoms with Crippen molar-refractivity contribution in [2.75, 3.05) is 39.3 Å². The van der Waals surface area contributed by atoms with Crippen molar-refractivity contribution in [3.63, 3.8) is 0 Å². The lowest BCUT2D eigenvalue weighted by atomic mass is 9.97. The first-order valence-corrected chi connectivity index (χ1v) is 8.16. The van der Waals surface area contributed by atoms with Crippen LogP contribution in [0.5, 0.6) is 0 Å². The van der Waals surface area contributed by atoms with Gasteiger partial charge in [-0.1, -0.05) is 0 Å². The number of rotatable bonds is 1. The predicted octanol–water partition coefficient (Wildman–Crippen LogP) is 1.07. The monoisotopic (exact) mass is 295 g/mol. The van der Waals surface area contributed by atoms with Crippen molar-refractivity contribution in [2.24, 2.45) is 5.92 Å². The quantitative estimate of drug-likeness (QED) is 0.786. The summed E-state index contributed by atoms with van der Waals surface area (Å²) in [4.78, 5) is 30.0. The highest BCUT2D eigenvalue weighted by Gasteiger charge is 2.34. The molecule has 3 aliphatic heterocycles. The molecule has 3 saturated heterocycles. The van der Waals surface area contributed by atoms with Gasteiger partial charge in [-0.05, 0) is 38.6 Å². The number of nitrogens with zero attached hydrogens (tertiary/aromatic N) is 3. The summed E-state index contributed by atoms with van der Waals surface area (Å²) in [5, 5.41) is 9.03. The lowest BCUT2D eigenvalue weighted by Crippen LogP contribution is -2.49. The molecule has 0 bridgehead atoms. The van der Waals surface area contributed by atoms with E-state index in [-0.39, 0.29) is 11.9 Å². The SMILES string of the molecule is O=C(O)C1CCN(C(=O)N2CCCN3CCCC3C2)CC1. The molecule has 3 heterocycles. The maximum Gasteiger partial charge on any atom is 0.320 e. The van der Waals surface area contributed by atoms with Crippen LogP contribution in [-0.4, -0.2) is 77.1 Å². The second kappa shape index (κ2) is 6.22. The van der Waals surface area contributed by atoms with E-state index < -0.39 is 5.97 Å². The van der Waals surface area contributed by atoms with Crippen LogP contribution >= 0.6 is 0 Å². The zero-order valence-electron chi connectivity index (χ0n) is 12.5. The number of hydrogen-bond donors (Lipinski definition) is 1. The molecule has 3 aliphatic rings. The zero-order chi connectivity index (χ0) is 14.8. The van der Waals surface area contributed by atoms with E-state index >= 15 is 0 Å². The molecular formula is C15H25N3O3. The topological polar surface area (TPSA) is 64.1 Å². The van der Waals surface area contributed by atoms with E-state index in [4.69, 9.17) is 5.11 Å². The number of urea groups is 1. The predicted molar refractivity (Wildman–Crippen MR) is 78.1 cm³/mol. The minimum absolute atomic E-state index is 0.118. The minimum Gasteiger partial charge on any atom is -0.481 e. The fourth-order valence-corrected chi connectivity index (χ4v) is 3.90. The Bertz CT molecular complexity index is 407. The van der Waals surface area contributed by atoms with Crippen LogP contribution < -0.4 is 0 Å². The normalized spacial score (nSPS) is 28.3. The lowest BCUT2D eigenvalue weighted by molar-refractivity contribution is -0.143. The third-order valence-corrected chi connectivity index (χ3v) is 5.19. The van der Waals surface area contributed by atoms with Crippen molar-refractivity contribution < 1.29 is 14.7 Å². The van der Waals surface area contributed by atoms with Crippen LogP contribution in [0.15, 0.2) is 0 Å². The molecule has 0 spiro atoms. The van der Waals surface area contributed by atoms with E-state index in [1.165, 1.54) is 19.4 Å². The van der Waals surface area contributed by atoms with Gasteiger partial charge >= 0.3 is 12.0 Å². The van der Waals surface area contributed by atoms with Crippen molar-refractivity contribution in [3.8, 4) is 0 Å². The van der Waals surface area contributed by atoms with Crippen molar-refractivity contribution in [3.05, 3.63) is 0 Å². The molecule has 1 N–H and O–H groups in total. The first kappa shape index (κ1) is 14.6. The maximum atomic E-state index is 12.7. The van der Waals surface area contributed by atoms with Gasteiger partial charge in [-0.2, -0.15) is 0 Å². The molecule has 21 heavy (non-hydrogen) atoms. The number of amides is 2. The Labute approximate surface area is 125 Å². The van der Waals surface area contributed by atoms with Gasteiger partial charge in [0.15, 0.2) is 0 Å². The molecular weight excluding hydrogens is 270 g/mol. The summed E-state index contributed by atoms with van der Waals surface area (Å²) >= 11 is 0. The number of carboxylic acids is 1. The fraction of sp³-hybridized carbons (Fsp3) is 0.867. The standard InChI is InChI=1S/C15H25N3O3/c19-14(20)12-4-9-17(10-5-12)15(21)18-8-2-7-16-6-1-3-13(16)11-18/h12-13H,1-11H2,(H,19,20). The van der Waals surface area contributed by atoms with E-state index in [9.17, 15) is 9.59 Å². The molecule has 3 rings (SSSR count). The summed E-state index contributed by atoms with van der Waals surface area (Å²) in [5.41, 5.74) is 0. The average molecular weight is 295 g/mol. The van der Waals surface area contributed by atoms with Gasteiger partial charge in [0.25, 0.3) is 0 Å². The molecule has 0 aromatic rings. The number of piperidine rings is 1. The number of carbonyl (C=O) groups excluding carboxylic acids is 1. The number of hydrogen-bond acceptors (Lipinski definition) is 3. The van der Waals surface area contributed by atoms with Crippen LogP contribution in [0.25, 0.3) is 0 Å². The Balaban J connectivity index is 1.56. The van der Waals surface area contributed by atoms with Gasteiger partial charge in [0, 0.05) is 38.8 Å². The molecule has 0 saturated carbocycles. The van der Waals surface area contributed by atoms with E-state index in [0.29, 0.717) is 32.0 Å². The van der Waals surface area contributed by atoms with Crippen molar-refractivity contribution in [1.29, 1.82) is 0 Å². The highest BCUT2D eigenvalue weighted by molar-refractivity contribution is 5.75. The number of likely N-dealkylation sites (tertiary alicyclic amines) is 1. The van der Waals surface area contributed by atoms with Gasteiger partial charge in [-0.15, -0.1) is 0 Å². The molecule has 3 fully saturated rings. The number of fused-ring (bicyclic) bond motifs is 1. The fourth-order valence-electron chi connectivity index (χ4n) is 3.90. The first-order valence-electron chi connectivity index (χ1n) is 8.16. The molecule has 1 atom stereocenters. The maximum absolute atomic E-state index is 12.7. The molecule has 1 unspecified atom stereocenters. The second-order valence-corrected chi connectivity index (χ2v) is 6.51. The number of carboxylic acid groups (broad SMARTS) is 1. The molecule has 0 aliphatic carbocycles. The van der Waals surface area contributed by atoms with Crippen LogP contribution in [0, 0.1) is 5.92 Å². The van der Waals surface area contributed by atoms with Crippen LogP contribution in [0.2, 0.25) is 0 Å². The number of aliphatic carboxylic acids is 1. The molecule has 6 heteroatoms. The Morgan fingerprint density at radius 1 is 0.857 bits per heavy atom. The van der Waals surface area contributed by atoms with Crippen molar-refractivity contribution in [2.45, 2.75) is 38.1 Å². The van der Waals surface area contributed by atoms with Gasteiger partial charge in [-0.3, -0.25) is 9.69 Å². The summed E-state index contributed by atoms with van der Waals surface area (Å²) in [6.45, 7) is 5.13. The second-order valence-electron chi connectivity index (χ2n) is 6.51. The first-order chi connectivity index (χ1) is 10.1. The van der Waals surface area contributed by atoms with Crippen LogP contribution in [0.3, 0.4) is 0 Å². The third-order valence-electron chi connectivity index (χ3n) is 5.19. The average Bonchev–Trinajstić information content (AvgIpc) is 2.83. The molecule has 0 aromatic carbocycles. The molecule has 2 amide bonds. The summed E-state index contributed by atoms with van der Waals surface area (Å²) in [6.07, 6.45) is 4.67. The Hall–Kier alpha value is -1.30. The molecule has 0 aromatic heterocycles. The van der Waals surface area contributed by atoms with E-state index in [1.807, 2.05) is 9.80 Å². The van der Waals surface area contributed by atoms with Gasteiger partial charge in [0.1, 0.15) is 0 Å². The number of carbonyl (C=O) groups is 2. The summed E-state index contributed by atoms with van der Waals surface area (Å²) < 4.78 is 0. The van der Waals surface area contributed by atoms with E-state index in [2.05, 4.69) is 4.90 Å². The molecule has 118 valence electrons. The van der Waals surface area contributed by atoms with Crippen LogP contribution in [-0.2, 0) is 4.79 Å². The van der Waals surface area contributed by atoms with Gasteiger partial charge in [-0.25, -0.2) is 4.79 Å². The zero-order valence-corrected chi connectivity index (χ0v) is 12.5. The molecule has 6 nitrogen and oxygen atoms in total. The Morgan fingerprint density at radius 3 is 2.29 bits per heavy atom. The highest BCUT2D eigenvalue weighted by atomic mass is 16.4. The largest absolute Gasteiger partial charge is 0.481 e.